The van der Waals surface area contributed by atoms with Crippen LogP contribution in [0, 0.1) is 0 Å². The molecule has 0 radical (unpaired) electrons. The molecule has 2 fully saturated rings. The van der Waals surface area contributed by atoms with Crippen molar-refractivity contribution in [1.29, 1.82) is 0 Å². The molecule has 3 heterocycles. The number of amides is 2. The molecular formula is C18H19N3O3S. The zero-order valence-corrected chi connectivity index (χ0v) is 14.7. The molecule has 1 aromatic carbocycles. The van der Waals surface area contributed by atoms with Crippen molar-refractivity contribution in [2.24, 2.45) is 0 Å². The predicted octanol–water partition coefficient (Wildman–Crippen LogP) is 2.18. The summed E-state index contributed by atoms with van der Waals surface area (Å²) >= 11 is 1.34. The Hall–Kier alpha value is -2.25. The van der Waals surface area contributed by atoms with Crippen LogP contribution in [0.2, 0.25) is 0 Å². The number of benzene rings is 1. The Morgan fingerprint density at radius 3 is 2.88 bits per heavy atom. The molecule has 2 aliphatic rings. The number of hydrogen-bond acceptors (Lipinski definition) is 5. The van der Waals surface area contributed by atoms with Crippen molar-refractivity contribution in [3.63, 3.8) is 0 Å². The minimum Gasteiger partial charge on any atom is -0.361 e. The fourth-order valence-electron chi connectivity index (χ4n) is 3.72. The van der Waals surface area contributed by atoms with Crippen molar-refractivity contribution in [1.82, 2.24) is 9.88 Å². The number of aromatic nitrogens is 1. The normalized spacial score (nSPS) is 26.4. The number of anilines is 1. The SMILES string of the molecule is C[C@@]12CN(C(=O)c3cncs3)CC[C@H]1N(c1ccccc1)C(=O)CO2. The first-order chi connectivity index (χ1) is 12.1. The number of ether oxygens (including phenoxy) is 1. The Balaban J connectivity index is 1.60. The lowest BCUT2D eigenvalue weighted by molar-refractivity contribution is -0.149. The van der Waals surface area contributed by atoms with Crippen LogP contribution < -0.4 is 4.90 Å². The topological polar surface area (TPSA) is 62.7 Å². The first-order valence-corrected chi connectivity index (χ1v) is 9.15. The molecule has 25 heavy (non-hydrogen) atoms. The Labute approximate surface area is 150 Å². The summed E-state index contributed by atoms with van der Waals surface area (Å²) in [6, 6.07) is 9.60. The molecule has 0 saturated carbocycles. The first kappa shape index (κ1) is 16.2. The summed E-state index contributed by atoms with van der Waals surface area (Å²) in [7, 11) is 0. The number of nitrogens with zero attached hydrogens (tertiary/aromatic N) is 3. The third-order valence-electron chi connectivity index (χ3n) is 4.95. The van der Waals surface area contributed by atoms with Gasteiger partial charge in [-0.2, -0.15) is 0 Å². The number of rotatable bonds is 2. The summed E-state index contributed by atoms with van der Waals surface area (Å²) in [4.78, 5) is 33.4. The van der Waals surface area contributed by atoms with E-state index in [1.54, 1.807) is 11.7 Å². The van der Waals surface area contributed by atoms with Crippen molar-refractivity contribution >= 4 is 28.8 Å². The maximum absolute atomic E-state index is 12.7. The van der Waals surface area contributed by atoms with E-state index in [4.69, 9.17) is 4.74 Å². The van der Waals surface area contributed by atoms with Crippen molar-refractivity contribution in [2.45, 2.75) is 25.0 Å². The van der Waals surface area contributed by atoms with Crippen molar-refractivity contribution in [3.05, 3.63) is 46.9 Å². The van der Waals surface area contributed by atoms with Gasteiger partial charge in [0.25, 0.3) is 11.8 Å². The number of carbonyl (C=O) groups is 2. The van der Waals surface area contributed by atoms with E-state index >= 15 is 0 Å². The summed E-state index contributed by atoms with van der Waals surface area (Å²) in [5, 5.41) is 0. The lowest BCUT2D eigenvalue weighted by Gasteiger charge is -2.52. The van der Waals surface area contributed by atoms with Gasteiger partial charge in [-0.3, -0.25) is 14.6 Å². The fraction of sp³-hybridized carbons (Fsp3) is 0.389. The number of fused-ring (bicyclic) bond motifs is 1. The van der Waals surface area contributed by atoms with Crippen LogP contribution in [0.25, 0.3) is 0 Å². The van der Waals surface area contributed by atoms with E-state index in [1.807, 2.05) is 47.1 Å². The molecule has 2 aliphatic heterocycles. The van der Waals surface area contributed by atoms with Crippen LogP contribution in [-0.2, 0) is 9.53 Å². The third kappa shape index (κ3) is 2.83. The average molecular weight is 357 g/mol. The van der Waals surface area contributed by atoms with Gasteiger partial charge in [0.1, 0.15) is 17.1 Å². The van der Waals surface area contributed by atoms with Crippen LogP contribution in [0.15, 0.2) is 42.0 Å². The van der Waals surface area contributed by atoms with Gasteiger partial charge in [0, 0.05) is 12.2 Å². The summed E-state index contributed by atoms with van der Waals surface area (Å²) < 4.78 is 5.93. The third-order valence-corrected chi connectivity index (χ3v) is 5.71. The molecule has 4 rings (SSSR count). The van der Waals surface area contributed by atoms with Crippen LogP contribution in [-0.4, -0.2) is 53.0 Å². The van der Waals surface area contributed by atoms with Gasteiger partial charge < -0.3 is 14.5 Å². The van der Waals surface area contributed by atoms with Gasteiger partial charge in [0.2, 0.25) is 0 Å². The van der Waals surface area contributed by atoms with Gasteiger partial charge in [-0.25, -0.2) is 0 Å². The van der Waals surface area contributed by atoms with Crippen molar-refractivity contribution in [2.75, 3.05) is 24.6 Å². The van der Waals surface area contributed by atoms with E-state index in [-0.39, 0.29) is 24.5 Å². The summed E-state index contributed by atoms with van der Waals surface area (Å²) in [5.74, 6) is -0.0511. The first-order valence-electron chi connectivity index (χ1n) is 8.27. The highest BCUT2D eigenvalue weighted by Crippen LogP contribution is 2.36. The molecule has 2 aromatic rings. The van der Waals surface area contributed by atoms with Crippen molar-refractivity contribution in [3.8, 4) is 0 Å². The van der Waals surface area contributed by atoms with E-state index in [1.165, 1.54) is 11.3 Å². The molecule has 0 aliphatic carbocycles. The van der Waals surface area contributed by atoms with E-state index < -0.39 is 5.60 Å². The Morgan fingerprint density at radius 1 is 1.36 bits per heavy atom. The van der Waals surface area contributed by atoms with Gasteiger partial charge >= 0.3 is 0 Å². The number of hydrogen-bond donors (Lipinski definition) is 0. The molecule has 0 bridgehead atoms. The molecule has 2 saturated heterocycles. The van der Waals surface area contributed by atoms with Crippen LogP contribution in [0.5, 0.6) is 0 Å². The minimum absolute atomic E-state index is 0.0195. The van der Waals surface area contributed by atoms with Gasteiger partial charge in [0.15, 0.2) is 0 Å². The highest BCUT2D eigenvalue weighted by Gasteiger charge is 2.50. The van der Waals surface area contributed by atoms with Gasteiger partial charge in [-0.15, -0.1) is 11.3 Å². The second kappa shape index (κ2) is 6.24. The number of piperidine rings is 1. The van der Waals surface area contributed by atoms with Crippen LogP contribution >= 0.6 is 11.3 Å². The van der Waals surface area contributed by atoms with Gasteiger partial charge in [0.05, 0.1) is 24.3 Å². The Kier molecular flexibility index (Phi) is 4.05. The standard InChI is InChI=1S/C18H19N3O3S/c1-18-11-20(17(23)14-9-19-12-25-14)8-7-15(18)21(16(22)10-24-18)13-5-3-2-4-6-13/h2-6,9,12,15H,7-8,10-11H2,1H3/t15-,18-/m1/s1. The lowest BCUT2D eigenvalue weighted by Crippen LogP contribution is -2.68. The van der Waals surface area contributed by atoms with Crippen molar-refractivity contribution < 1.29 is 14.3 Å². The minimum atomic E-state index is -0.581. The summed E-state index contributed by atoms with van der Waals surface area (Å²) in [6.07, 6.45) is 2.28. The van der Waals surface area contributed by atoms with E-state index in [0.29, 0.717) is 24.4 Å². The van der Waals surface area contributed by atoms with E-state index in [0.717, 1.165) is 5.69 Å². The molecule has 130 valence electrons. The fourth-order valence-corrected chi connectivity index (χ4v) is 4.31. The Bertz CT molecular complexity index is 780. The monoisotopic (exact) mass is 357 g/mol. The smallest absolute Gasteiger partial charge is 0.265 e. The zero-order chi connectivity index (χ0) is 17.4. The molecule has 1 aromatic heterocycles. The molecule has 2 amide bonds. The second-order valence-electron chi connectivity index (χ2n) is 6.60. The molecule has 6 nitrogen and oxygen atoms in total. The Morgan fingerprint density at radius 2 is 2.16 bits per heavy atom. The second-order valence-corrected chi connectivity index (χ2v) is 7.48. The van der Waals surface area contributed by atoms with Crippen LogP contribution in [0.3, 0.4) is 0 Å². The molecule has 7 heteroatoms. The maximum Gasteiger partial charge on any atom is 0.265 e. The highest BCUT2D eigenvalue weighted by atomic mass is 32.1. The van der Waals surface area contributed by atoms with Crippen LogP contribution in [0.1, 0.15) is 23.0 Å². The average Bonchev–Trinajstić information content (AvgIpc) is 3.16. The maximum atomic E-state index is 12.7. The number of likely N-dealkylation sites (tertiary alicyclic amines) is 1. The molecular weight excluding hydrogens is 338 g/mol. The van der Waals surface area contributed by atoms with Gasteiger partial charge in [-0.05, 0) is 25.5 Å². The highest BCUT2D eigenvalue weighted by molar-refractivity contribution is 7.11. The predicted molar refractivity (Wildman–Crippen MR) is 94.7 cm³/mol. The van der Waals surface area contributed by atoms with Gasteiger partial charge in [-0.1, -0.05) is 18.2 Å². The zero-order valence-electron chi connectivity index (χ0n) is 13.9. The quantitative estimate of drug-likeness (QED) is 0.826. The largest absolute Gasteiger partial charge is 0.361 e. The number of morpholine rings is 1. The summed E-state index contributed by atoms with van der Waals surface area (Å²) in [5.41, 5.74) is 1.96. The lowest BCUT2D eigenvalue weighted by atomic mass is 9.85. The molecule has 0 N–H and O–H groups in total. The molecule has 0 spiro atoms. The summed E-state index contributed by atoms with van der Waals surface area (Å²) in [6.45, 7) is 3.08. The molecule has 0 unspecified atom stereocenters. The van der Waals surface area contributed by atoms with E-state index in [9.17, 15) is 9.59 Å². The van der Waals surface area contributed by atoms with E-state index in [2.05, 4.69) is 4.98 Å². The molecule has 2 atom stereocenters. The van der Waals surface area contributed by atoms with Crippen LogP contribution in [0.4, 0.5) is 5.69 Å². The number of thiazole rings is 1. The number of para-hydroxylation sites is 1. The number of carbonyl (C=O) groups excluding carboxylic acids is 2.